The first-order valence-corrected chi connectivity index (χ1v) is 10.8. The molecule has 0 aliphatic carbocycles. The molecule has 0 saturated heterocycles. The van der Waals surface area contributed by atoms with Gasteiger partial charge in [0.1, 0.15) is 12.4 Å². The molecule has 4 aromatic rings. The van der Waals surface area contributed by atoms with Crippen LogP contribution in [0.15, 0.2) is 76.5 Å². The van der Waals surface area contributed by atoms with Crippen LogP contribution in [0.1, 0.15) is 16.1 Å². The number of rotatable bonds is 6. The molecular weight excluding hydrogens is 445 g/mol. The topological polar surface area (TPSA) is 85.4 Å². The van der Waals surface area contributed by atoms with Crippen molar-refractivity contribution < 1.29 is 19.2 Å². The third-order valence-corrected chi connectivity index (χ3v) is 6.73. The lowest BCUT2D eigenvalue weighted by atomic mass is 10.2. The second kappa shape index (κ2) is 8.62. The zero-order valence-electron chi connectivity index (χ0n) is 15.4. The summed E-state index contributed by atoms with van der Waals surface area (Å²) in [6, 6.07) is 19.0. The fourth-order valence-corrected chi connectivity index (χ4v) is 4.92. The number of carbonyl (C=O) groups is 1. The van der Waals surface area contributed by atoms with Gasteiger partial charge < -0.3 is 19.4 Å². The van der Waals surface area contributed by atoms with Gasteiger partial charge in [-0.1, -0.05) is 47.5 Å². The number of ether oxygens (including phenoxy) is 1. The second-order valence-electron chi connectivity index (χ2n) is 6.41. The molecule has 0 fully saturated rings. The smallest absolute Gasteiger partial charge is 0.357 e. The van der Waals surface area contributed by atoms with E-state index in [0.29, 0.717) is 37.2 Å². The van der Waals surface area contributed by atoms with Gasteiger partial charge in [0, 0.05) is 32.9 Å². The lowest BCUT2D eigenvalue weighted by molar-refractivity contribution is 0.0687. The first-order chi connectivity index (χ1) is 14.5. The summed E-state index contributed by atoms with van der Waals surface area (Å²) in [4.78, 5) is 15.4. The number of fused-ring (bicyclic) bond motifs is 1. The highest BCUT2D eigenvalue weighted by Crippen LogP contribution is 2.34. The average molecular weight is 460 g/mol. The van der Waals surface area contributed by atoms with Crippen molar-refractivity contribution in [3.05, 3.63) is 88.0 Å². The van der Waals surface area contributed by atoms with E-state index in [1.54, 1.807) is 60.7 Å². The summed E-state index contributed by atoms with van der Waals surface area (Å²) in [6.45, 7) is 0.152. The van der Waals surface area contributed by atoms with Gasteiger partial charge in [-0.25, -0.2) is 4.79 Å². The molecule has 3 aromatic carbocycles. The number of H-pyrrole nitrogens is 1. The molecule has 1 unspecified atom stereocenters. The number of benzene rings is 3. The Morgan fingerprint density at radius 3 is 2.40 bits per heavy atom. The number of carboxylic acid groups (broad SMARTS) is 1. The molecule has 1 heterocycles. The lowest BCUT2D eigenvalue weighted by Gasteiger charge is -2.11. The monoisotopic (exact) mass is 459 g/mol. The van der Waals surface area contributed by atoms with Gasteiger partial charge in [-0.15, -0.1) is 0 Å². The highest BCUT2D eigenvalue weighted by Gasteiger charge is 2.29. The number of halogens is 2. The Morgan fingerprint density at radius 2 is 1.73 bits per heavy atom. The third kappa shape index (κ3) is 4.00. The number of carboxylic acids is 1. The molecular formula is C22H15Cl2NO4S. The van der Waals surface area contributed by atoms with E-state index >= 15 is 0 Å². The molecule has 4 rings (SSSR count). The van der Waals surface area contributed by atoms with Crippen LogP contribution in [0.2, 0.25) is 10.0 Å². The van der Waals surface area contributed by atoms with E-state index < -0.39 is 17.1 Å². The first-order valence-electron chi connectivity index (χ1n) is 8.87. The summed E-state index contributed by atoms with van der Waals surface area (Å²) in [7, 11) is 0. The van der Waals surface area contributed by atoms with E-state index in [0.717, 1.165) is 0 Å². The maximum Gasteiger partial charge on any atom is 0.357 e. The number of nitrogens with one attached hydrogen (secondary N) is 1. The molecule has 1 aromatic heterocycles. The molecule has 0 radical (unpaired) electrons. The van der Waals surface area contributed by atoms with E-state index in [1.807, 2.05) is 6.07 Å². The SMILES string of the molecule is O=C(O)c1[nH]c2cc(OCc3c(Cl)cccc3Cl)ccc2c1[S+]([O-])c1ccccc1. The Morgan fingerprint density at radius 1 is 1.03 bits per heavy atom. The van der Waals surface area contributed by atoms with Crippen LogP contribution in [-0.4, -0.2) is 20.6 Å². The van der Waals surface area contributed by atoms with E-state index in [9.17, 15) is 14.5 Å². The zero-order chi connectivity index (χ0) is 21.3. The van der Waals surface area contributed by atoms with Crippen molar-refractivity contribution in [3.8, 4) is 5.75 Å². The van der Waals surface area contributed by atoms with Crippen LogP contribution in [0.5, 0.6) is 5.75 Å². The minimum atomic E-state index is -1.66. The van der Waals surface area contributed by atoms with Crippen LogP contribution in [0.25, 0.3) is 10.9 Å². The minimum absolute atomic E-state index is 0.113. The van der Waals surface area contributed by atoms with Gasteiger partial charge in [-0.05, 0) is 36.4 Å². The summed E-state index contributed by atoms with van der Waals surface area (Å²) in [5, 5.41) is 11.2. The predicted molar refractivity (Wildman–Crippen MR) is 117 cm³/mol. The molecule has 30 heavy (non-hydrogen) atoms. The zero-order valence-corrected chi connectivity index (χ0v) is 17.7. The van der Waals surface area contributed by atoms with Crippen molar-refractivity contribution in [2.24, 2.45) is 0 Å². The Labute approximate surface area is 185 Å². The normalized spacial score (nSPS) is 12.1. The Hall–Kier alpha value is -2.64. The van der Waals surface area contributed by atoms with E-state index in [1.165, 1.54) is 0 Å². The van der Waals surface area contributed by atoms with E-state index in [4.69, 9.17) is 27.9 Å². The molecule has 5 nitrogen and oxygen atoms in total. The van der Waals surface area contributed by atoms with Crippen molar-refractivity contribution in [3.63, 3.8) is 0 Å². The van der Waals surface area contributed by atoms with E-state index in [-0.39, 0.29) is 17.2 Å². The number of hydrogen-bond acceptors (Lipinski definition) is 3. The molecule has 0 amide bonds. The van der Waals surface area contributed by atoms with Crippen molar-refractivity contribution in [1.29, 1.82) is 0 Å². The quantitative estimate of drug-likeness (QED) is 0.350. The molecule has 0 saturated carbocycles. The van der Waals surface area contributed by atoms with Gasteiger partial charge in [0.2, 0.25) is 0 Å². The number of aromatic nitrogens is 1. The van der Waals surface area contributed by atoms with Crippen molar-refractivity contribution >= 4 is 51.2 Å². The molecule has 0 bridgehead atoms. The average Bonchev–Trinajstić information content (AvgIpc) is 3.12. The van der Waals surface area contributed by atoms with Gasteiger partial charge in [0.25, 0.3) is 0 Å². The predicted octanol–water partition coefficient (Wildman–Crippen LogP) is 5.92. The van der Waals surface area contributed by atoms with Crippen LogP contribution in [-0.2, 0) is 17.8 Å². The summed E-state index contributed by atoms with van der Waals surface area (Å²) < 4.78 is 18.9. The molecule has 2 N–H and O–H groups in total. The molecule has 152 valence electrons. The Bertz CT molecular complexity index is 1210. The highest BCUT2D eigenvalue weighted by molar-refractivity contribution is 7.91. The summed E-state index contributed by atoms with van der Waals surface area (Å²) in [6.07, 6.45) is 0. The van der Waals surface area contributed by atoms with Crippen LogP contribution < -0.4 is 4.74 Å². The first kappa shape index (κ1) is 20.6. The van der Waals surface area contributed by atoms with Crippen LogP contribution in [0.4, 0.5) is 0 Å². The van der Waals surface area contributed by atoms with Crippen molar-refractivity contribution in [2.45, 2.75) is 16.4 Å². The van der Waals surface area contributed by atoms with Crippen LogP contribution >= 0.6 is 23.2 Å². The van der Waals surface area contributed by atoms with Gasteiger partial charge in [0.05, 0.1) is 10.9 Å². The van der Waals surface area contributed by atoms with Gasteiger partial charge in [0.15, 0.2) is 15.5 Å². The maximum atomic E-state index is 13.1. The van der Waals surface area contributed by atoms with Gasteiger partial charge in [-0.3, -0.25) is 0 Å². The standard InChI is InChI=1S/C22H15Cl2NO4S/c23-17-7-4-8-18(24)16(17)12-29-13-9-10-15-19(11-13)25-20(22(26)27)21(15)30(28)14-5-2-1-3-6-14/h1-11,25H,12H2,(H,26,27). The van der Waals surface area contributed by atoms with Crippen LogP contribution in [0, 0.1) is 0 Å². The number of hydrogen-bond donors (Lipinski definition) is 2. The third-order valence-electron chi connectivity index (χ3n) is 4.52. The molecule has 0 spiro atoms. The lowest BCUT2D eigenvalue weighted by Crippen LogP contribution is -2.08. The minimum Gasteiger partial charge on any atom is -0.606 e. The molecule has 8 heteroatoms. The molecule has 1 atom stereocenters. The number of aromatic amines is 1. The second-order valence-corrected chi connectivity index (χ2v) is 8.64. The summed E-state index contributed by atoms with van der Waals surface area (Å²) >= 11 is 10.7. The fraction of sp³-hybridized carbons (Fsp3) is 0.0455. The molecule has 0 aliphatic rings. The largest absolute Gasteiger partial charge is 0.606 e. The van der Waals surface area contributed by atoms with Crippen molar-refractivity contribution in [1.82, 2.24) is 4.98 Å². The van der Waals surface area contributed by atoms with Crippen LogP contribution in [0.3, 0.4) is 0 Å². The van der Waals surface area contributed by atoms with E-state index in [2.05, 4.69) is 4.98 Å². The van der Waals surface area contributed by atoms with Gasteiger partial charge >= 0.3 is 5.97 Å². The Kier molecular flexibility index (Phi) is 5.92. The Balaban J connectivity index is 1.69. The maximum absolute atomic E-state index is 13.1. The summed E-state index contributed by atoms with van der Waals surface area (Å²) in [5.41, 5.74) is 1.05. The van der Waals surface area contributed by atoms with Gasteiger partial charge in [-0.2, -0.15) is 0 Å². The van der Waals surface area contributed by atoms with Crippen molar-refractivity contribution in [2.75, 3.05) is 0 Å². The summed E-state index contributed by atoms with van der Waals surface area (Å²) in [5.74, 6) is -0.690. The fourth-order valence-electron chi connectivity index (χ4n) is 3.07. The molecule has 0 aliphatic heterocycles. The highest BCUT2D eigenvalue weighted by atomic mass is 35.5. The number of aromatic carboxylic acids is 1.